The van der Waals surface area contributed by atoms with Gasteiger partial charge in [-0.3, -0.25) is 19.1 Å². The fraction of sp³-hybridized carbons (Fsp3) is 0.292. The second-order valence-electron chi connectivity index (χ2n) is 8.47. The van der Waals surface area contributed by atoms with Crippen molar-refractivity contribution in [1.82, 2.24) is 20.0 Å². The zero-order valence-corrected chi connectivity index (χ0v) is 19.7. The minimum Gasteiger partial charge on any atom is -0.364 e. The van der Waals surface area contributed by atoms with Gasteiger partial charge in [-0.05, 0) is 43.5 Å². The molecule has 0 bridgehead atoms. The Labute approximate surface area is 205 Å². The lowest BCUT2D eigenvalue weighted by molar-refractivity contribution is -0.137. The molecule has 1 fully saturated rings. The number of rotatable bonds is 9. The molecule has 2 aromatic carbocycles. The number of benzene rings is 2. The summed E-state index contributed by atoms with van der Waals surface area (Å²) in [6.45, 7) is 1.18. The van der Waals surface area contributed by atoms with E-state index in [9.17, 15) is 18.8 Å². The van der Waals surface area contributed by atoms with E-state index in [-0.39, 0.29) is 47.9 Å². The maximum absolute atomic E-state index is 14.1. The second-order valence-corrected chi connectivity index (χ2v) is 8.88. The third-order valence-electron chi connectivity index (χ3n) is 5.83. The molecule has 0 aliphatic heterocycles. The number of carbonyl (C=O) groups excluding carboxylic acids is 3. The molecule has 0 atom stereocenters. The molecule has 3 aromatic rings. The van der Waals surface area contributed by atoms with E-state index in [0.717, 1.165) is 12.8 Å². The van der Waals surface area contributed by atoms with Gasteiger partial charge in [-0.15, -0.1) is 0 Å². The van der Waals surface area contributed by atoms with E-state index in [4.69, 9.17) is 22.7 Å². The third-order valence-corrected chi connectivity index (χ3v) is 6.12. The Bertz CT molecular complexity index is 1350. The Hall–Kier alpha value is -3.79. The van der Waals surface area contributed by atoms with Gasteiger partial charge in [0.15, 0.2) is 5.69 Å². The van der Waals surface area contributed by atoms with Crippen molar-refractivity contribution in [3.63, 3.8) is 0 Å². The van der Waals surface area contributed by atoms with Gasteiger partial charge < -0.3 is 21.4 Å². The highest BCUT2D eigenvalue weighted by Crippen LogP contribution is 2.28. The number of primary amides is 1. The van der Waals surface area contributed by atoms with Gasteiger partial charge >= 0.3 is 0 Å². The summed E-state index contributed by atoms with van der Waals surface area (Å²) in [6.07, 6.45) is 1.55. The molecule has 9 nitrogen and oxygen atoms in total. The molecule has 1 heterocycles. The van der Waals surface area contributed by atoms with Crippen LogP contribution in [0.25, 0.3) is 10.9 Å². The molecular formula is C24H24ClFN6O3. The number of nitrogens with one attached hydrogen (secondary N) is 2. The predicted octanol–water partition coefficient (Wildman–Crippen LogP) is 2.62. The van der Waals surface area contributed by atoms with Gasteiger partial charge in [0.05, 0.1) is 17.1 Å². The summed E-state index contributed by atoms with van der Waals surface area (Å²) < 4.78 is 15.5. The van der Waals surface area contributed by atoms with Crippen molar-refractivity contribution < 1.29 is 18.8 Å². The number of fused-ring (bicyclic) bond motifs is 1. The summed E-state index contributed by atoms with van der Waals surface area (Å²) >= 11 is 5.78. The van der Waals surface area contributed by atoms with Crippen LogP contribution in [0, 0.1) is 11.2 Å². The summed E-state index contributed by atoms with van der Waals surface area (Å²) in [7, 11) is 0. The Kier molecular flexibility index (Phi) is 6.83. The lowest BCUT2D eigenvalue weighted by Crippen LogP contribution is -2.43. The Morgan fingerprint density at radius 3 is 2.69 bits per heavy atom. The Morgan fingerprint density at radius 2 is 2.03 bits per heavy atom. The van der Waals surface area contributed by atoms with Crippen LogP contribution in [-0.4, -0.2) is 50.7 Å². The highest BCUT2D eigenvalue weighted by atomic mass is 35.5. The van der Waals surface area contributed by atoms with Gasteiger partial charge in [-0.1, -0.05) is 29.8 Å². The lowest BCUT2D eigenvalue weighted by atomic mass is 10.1. The van der Waals surface area contributed by atoms with Crippen LogP contribution in [0.2, 0.25) is 5.02 Å². The summed E-state index contributed by atoms with van der Waals surface area (Å²) in [5, 5.41) is 15.1. The van der Waals surface area contributed by atoms with E-state index in [0.29, 0.717) is 22.2 Å². The molecule has 1 aromatic heterocycles. The SMILES string of the molecule is CC(=N)c1ccc2c(c1)c(C(N)=O)nn2CC(=O)N(CC(=O)NCc1cccc(Cl)c1F)C1CC1. The highest BCUT2D eigenvalue weighted by molar-refractivity contribution is 6.30. The van der Waals surface area contributed by atoms with Crippen LogP contribution in [0.5, 0.6) is 0 Å². The van der Waals surface area contributed by atoms with Crippen molar-refractivity contribution in [3.05, 3.63) is 64.1 Å². The monoisotopic (exact) mass is 498 g/mol. The molecule has 0 unspecified atom stereocenters. The minimum atomic E-state index is -0.743. The average molecular weight is 499 g/mol. The molecule has 1 aliphatic carbocycles. The summed E-state index contributed by atoms with van der Waals surface area (Å²) in [5.74, 6) is -2.11. The highest BCUT2D eigenvalue weighted by Gasteiger charge is 2.34. The van der Waals surface area contributed by atoms with E-state index in [2.05, 4.69) is 10.4 Å². The number of hydrogen-bond donors (Lipinski definition) is 3. The molecule has 0 saturated heterocycles. The first-order valence-electron chi connectivity index (χ1n) is 11.0. The molecule has 0 radical (unpaired) electrons. The normalized spacial score (nSPS) is 13.0. The second kappa shape index (κ2) is 9.83. The van der Waals surface area contributed by atoms with E-state index < -0.39 is 17.6 Å². The molecular weight excluding hydrogens is 475 g/mol. The smallest absolute Gasteiger partial charge is 0.269 e. The van der Waals surface area contributed by atoms with E-state index in [1.165, 1.54) is 21.7 Å². The summed E-state index contributed by atoms with van der Waals surface area (Å²) in [5.41, 5.74) is 7.19. The number of aromatic nitrogens is 2. The third kappa shape index (κ3) is 5.32. The van der Waals surface area contributed by atoms with Gasteiger partial charge in [-0.25, -0.2) is 4.39 Å². The topological polar surface area (TPSA) is 134 Å². The summed E-state index contributed by atoms with van der Waals surface area (Å²) in [4.78, 5) is 39.1. The van der Waals surface area contributed by atoms with Crippen molar-refractivity contribution in [2.45, 2.75) is 38.9 Å². The fourth-order valence-corrected chi connectivity index (χ4v) is 4.02. The first-order valence-corrected chi connectivity index (χ1v) is 11.4. The van der Waals surface area contributed by atoms with Crippen LogP contribution < -0.4 is 11.1 Å². The van der Waals surface area contributed by atoms with Crippen molar-refractivity contribution in [3.8, 4) is 0 Å². The lowest BCUT2D eigenvalue weighted by Gasteiger charge is -2.22. The molecule has 11 heteroatoms. The van der Waals surface area contributed by atoms with Crippen molar-refractivity contribution >= 4 is 45.9 Å². The van der Waals surface area contributed by atoms with Crippen LogP contribution >= 0.6 is 11.6 Å². The van der Waals surface area contributed by atoms with E-state index in [1.54, 1.807) is 31.2 Å². The van der Waals surface area contributed by atoms with Crippen molar-refractivity contribution in [2.75, 3.05) is 6.54 Å². The molecule has 4 N–H and O–H groups in total. The van der Waals surface area contributed by atoms with Crippen molar-refractivity contribution in [2.24, 2.45) is 5.73 Å². The Morgan fingerprint density at radius 1 is 1.29 bits per heavy atom. The molecule has 182 valence electrons. The first kappa shape index (κ1) is 24.3. The van der Waals surface area contributed by atoms with Crippen LogP contribution in [0.4, 0.5) is 4.39 Å². The zero-order valence-electron chi connectivity index (χ0n) is 19.0. The van der Waals surface area contributed by atoms with Crippen LogP contribution in [-0.2, 0) is 22.7 Å². The number of nitrogens with two attached hydrogens (primary N) is 1. The van der Waals surface area contributed by atoms with Gasteiger partial charge in [0.1, 0.15) is 12.4 Å². The van der Waals surface area contributed by atoms with Gasteiger partial charge in [0.25, 0.3) is 5.91 Å². The van der Waals surface area contributed by atoms with E-state index >= 15 is 0 Å². The van der Waals surface area contributed by atoms with Gasteiger partial charge in [0.2, 0.25) is 11.8 Å². The largest absolute Gasteiger partial charge is 0.364 e. The predicted molar refractivity (Wildman–Crippen MR) is 129 cm³/mol. The quantitative estimate of drug-likeness (QED) is 0.391. The van der Waals surface area contributed by atoms with Crippen LogP contribution in [0.3, 0.4) is 0 Å². The van der Waals surface area contributed by atoms with Gasteiger partial charge in [-0.2, -0.15) is 5.10 Å². The number of halogens is 2. The molecule has 1 saturated carbocycles. The minimum absolute atomic E-state index is 0.00941. The van der Waals surface area contributed by atoms with Gasteiger partial charge in [0, 0.05) is 29.2 Å². The number of hydrogen-bond acceptors (Lipinski definition) is 5. The standard InChI is InChI=1S/C24H24ClFN6O3/c1-13(27)14-5-8-19-17(9-14)23(24(28)35)30-32(19)12-21(34)31(16-6-7-16)11-20(33)29-10-15-3-2-4-18(25)22(15)26/h2-5,8-9,16,27H,6-7,10-12H2,1H3,(H2,28,35)(H,29,33). The van der Waals surface area contributed by atoms with Crippen molar-refractivity contribution in [1.29, 1.82) is 5.41 Å². The number of amides is 3. The Balaban J connectivity index is 1.49. The molecule has 4 rings (SSSR count). The summed E-state index contributed by atoms with van der Waals surface area (Å²) in [6, 6.07) is 9.51. The fourth-order valence-electron chi connectivity index (χ4n) is 3.83. The number of carbonyl (C=O) groups is 3. The van der Waals surface area contributed by atoms with Crippen LogP contribution in [0.15, 0.2) is 36.4 Å². The first-order chi connectivity index (χ1) is 16.7. The maximum Gasteiger partial charge on any atom is 0.269 e. The molecule has 1 aliphatic rings. The number of nitrogens with zero attached hydrogens (tertiary/aromatic N) is 3. The van der Waals surface area contributed by atoms with E-state index in [1.807, 2.05) is 0 Å². The zero-order chi connectivity index (χ0) is 25.3. The maximum atomic E-state index is 14.1. The molecule has 0 spiro atoms. The molecule has 35 heavy (non-hydrogen) atoms. The average Bonchev–Trinajstić information content (AvgIpc) is 3.59. The van der Waals surface area contributed by atoms with Crippen LogP contribution in [0.1, 0.15) is 41.4 Å². The molecule has 3 amide bonds.